The molecule has 2 N–H and O–H groups in total. The summed E-state index contributed by atoms with van der Waals surface area (Å²) in [5.74, 6) is 1.92. The standard InChI is InChI=1S/C10H19N5/c1-7(2)5-11-9-6-12-15-10(14-9)13-8(3)4/h6-8H,5H2,1-4H3,(H2,11,13,14,15). The van der Waals surface area contributed by atoms with Gasteiger partial charge in [-0.1, -0.05) is 13.8 Å². The molecular weight excluding hydrogens is 190 g/mol. The lowest BCUT2D eigenvalue weighted by Gasteiger charge is -2.10. The van der Waals surface area contributed by atoms with Crippen molar-refractivity contribution >= 4 is 11.8 Å². The summed E-state index contributed by atoms with van der Waals surface area (Å²) >= 11 is 0. The molecule has 0 atom stereocenters. The van der Waals surface area contributed by atoms with Crippen molar-refractivity contribution in [3.05, 3.63) is 6.20 Å². The fraction of sp³-hybridized carbons (Fsp3) is 0.700. The van der Waals surface area contributed by atoms with Crippen LogP contribution in [0, 0.1) is 5.92 Å². The van der Waals surface area contributed by atoms with E-state index in [0.29, 0.717) is 17.9 Å². The highest BCUT2D eigenvalue weighted by Crippen LogP contribution is 2.05. The van der Waals surface area contributed by atoms with Crippen molar-refractivity contribution in [2.45, 2.75) is 33.7 Å². The third-order valence-corrected chi connectivity index (χ3v) is 1.67. The van der Waals surface area contributed by atoms with Gasteiger partial charge < -0.3 is 10.6 Å². The fourth-order valence-electron chi connectivity index (χ4n) is 1.02. The molecule has 0 saturated carbocycles. The quantitative estimate of drug-likeness (QED) is 0.773. The van der Waals surface area contributed by atoms with Crippen molar-refractivity contribution in [1.82, 2.24) is 15.2 Å². The van der Waals surface area contributed by atoms with E-state index >= 15 is 0 Å². The van der Waals surface area contributed by atoms with Crippen LogP contribution in [0.2, 0.25) is 0 Å². The van der Waals surface area contributed by atoms with Crippen molar-refractivity contribution in [2.24, 2.45) is 5.92 Å². The Morgan fingerprint density at radius 2 is 2.00 bits per heavy atom. The van der Waals surface area contributed by atoms with E-state index in [1.54, 1.807) is 6.20 Å². The first-order chi connectivity index (χ1) is 7.08. The van der Waals surface area contributed by atoms with Gasteiger partial charge in [0.25, 0.3) is 0 Å². The Hall–Kier alpha value is -1.39. The third kappa shape index (κ3) is 4.58. The lowest BCUT2D eigenvalue weighted by molar-refractivity contribution is 0.685. The minimum atomic E-state index is 0.312. The smallest absolute Gasteiger partial charge is 0.244 e. The first-order valence-corrected chi connectivity index (χ1v) is 5.28. The predicted molar refractivity (Wildman–Crippen MR) is 61.9 cm³/mol. The molecule has 1 aromatic heterocycles. The molecule has 0 aromatic carbocycles. The first kappa shape index (κ1) is 11.7. The Bertz CT molecular complexity index is 298. The maximum Gasteiger partial charge on any atom is 0.244 e. The van der Waals surface area contributed by atoms with E-state index in [2.05, 4.69) is 39.7 Å². The average molecular weight is 209 g/mol. The van der Waals surface area contributed by atoms with Crippen LogP contribution in [0.1, 0.15) is 27.7 Å². The maximum absolute atomic E-state index is 4.29. The molecule has 5 nitrogen and oxygen atoms in total. The minimum absolute atomic E-state index is 0.312. The highest BCUT2D eigenvalue weighted by molar-refractivity contribution is 5.37. The van der Waals surface area contributed by atoms with Crippen LogP contribution < -0.4 is 10.6 Å². The summed E-state index contributed by atoms with van der Waals surface area (Å²) in [6.07, 6.45) is 1.63. The Morgan fingerprint density at radius 3 is 2.60 bits per heavy atom. The number of rotatable bonds is 5. The summed E-state index contributed by atoms with van der Waals surface area (Å²) in [5.41, 5.74) is 0. The van der Waals surface area contributed by atoms with E-state index < -0.39 is 0 Å². The molecule has 84 valence electrons. The summed E-state index contributed by atoms with van der Waals surface area (Å²) in [7, 11) is 0. The predicted octanol–water partition coefficient (Wildman–Crippen LogP) is 1.76. The molecule has 15 heavy (non-hydrogen) atoms. The summed E-state index contributed by atoms with van der Waals surface area (Å²) in [6, 6.07) is 0.312. The normalized spacial score (nSPS) is 10.8. The van der Waals surface area contributed by atoms with E-state index in [0.717, 1.165) is 12.4 Å². The highest BCUT2D eigenvalue weighted by atomic mass is 15.3. The number of nitrogens with zero attached hydrogens (tertiary/aromatic N) is 3. The zero-order chi connectivity index (χ0) is 11.3. The van der Waals surface area contributed by atoms with E-state index in [-0.39, 0.29) is 0 Å². The molecule has 0 saturated heterocycles. The van der Waals surface area contributed by atoms with Gasteiger partial charge in [0.15, 0.2) is 5.82 Å². The molecule has 0 amide bonds. The summed E-state index contributed by atoms with van der Waals surface area (Å²) in [4.78, 5) is 4.29. The number of hydrogen-bond acceptors (Lipinski definition) is 5. The Balaban J connectivity index is 2.57. The zero-order valence-corrected chi connectivity index (χ0v) is 9.78. The van der Waals surface area contributed by atoms with Crippen molar-refractivity contribution in [3.63, 3.8) is 0 Å². The van der Waals surface area contributed by atoms with Gasteiger partial charge >= 0.3 is 0 Å². The van der Waals surface area contributed by atoms with Crippen molar-refractivity contribution in [2.75, 3.05) is 17.2 Å². The Morgan fingerprint density at radius 1 is 1.27 bits per heavy atom. The van der Waals surface area contributed by atoms with Gasteiger partial charge in [-0.25, -0.2) is 0 Å². The molecule has 1 heterocycles. The molecule has 0 spiro atoms. The molecule has 1 rings (SSSR count). The SMILES string of the molecule is CC(C)CNc1cnnc(NC(C)C)n1. The van der Waals surface area contributed by atoms with Gasteiger partial charge in [0.2, 0.25) is 5.95 Å². The molecule has 0 fully saturated rings. The van der Waals surface area contributed by atoms with Crippen LogP contribution in [0.4, 0.5) is 11.8 Å². The Labute approximate surface area is 90.7 Å². The molecule has 0 aliphatic heterocycles. The number of aromatic nitrogens is 3. The van der Waals surface area contributed by atoms with Gasteiger partial charge in [0.1, 0.15) is 0 Å². The monoisotopic (exact) mass is 209 g/mol. The molecular formula is C10H19N5. The molecule has 0 radical (unpaired) electrons. The number of nitrogens with one attached hydrogen (secondary N) is 2. The maximum atomic E-state index is 4.29. The van der Waals surface area contributed by atoms with Crippen LogP contribution in [-0.2, 0) is 0 Å². The van der Waals surface area contributed by atoms with Gasteiger partial charge in [-0.2, -0.15) is 10.1 Å². The summed E-state index contributed by atoms with van der Waals surface area (Å²) in [5, 5.41) is 14.1. The van der Waals surface area contributed by atoms with Crippen LogP contribution >= 0.6 is 0 Å². The molecule has 0 aliphatic rings. The fourth-order valence-corrected chi connectivity index (χ4v) is 1.02. The van der Waals surface area contributed by atoms with Crippen LogP contribution in [0.5, 0.6) is 0 Å². The molecule has 0 aliphatic carbocycles. The second-order valence-electron chi connectivity index (χ2n) is 4.24. The largest absolute Gasteiger partial charge is 0.368 e. The summed E-state index contributed by atoms with van der Waals surface area (Å²) < 4.78 is 0. The minimum Gasteiger partial charge on any atom is -0.368 e. The van der Waals surface area contributed by atoms with Gasteiger partial charge in [0.05, 0.1) is 6.20 Å². The second kappa shape index (κ2) is 5.48. The average Bonchev–Trinajstić information content (AvgIpc) is 2.14. The van der Waals surface area contributed by atoms with Gasteiger partial charge in [-0.05, 0) is 19.8 Å². The third-order valence-electron chi connectivity index (χ3n) is 1.67. The lowest BCUT2D eigenvalue weighted by atomic mass is 10.2. The number of hydrogen-bond donors (Lipinski definition) is 2. The Kier molecular flexibility index (Phi) is 4.27. The van der Waals surface area contributed by atoms with E-state index in [1.165, 1.54) is 0 Å². The van der Waals surface area contributed by atoms with Crippen LogP contribution in [0.25, 0.3) is 0 Å². The van der Waals surface area contributed by atoms with Crippen molar-refractivity contribution < 1.29 is 0 Å². The van der Waals surface area contributed by atoms with Gasteiger partial charge in [-0.3, -0.25) is 0 Å². The van der Waals surface area contributed by atoms with E-state index in [1.807, 2.05) is 13.8 Å². The van der Waals surface area contributed by atoms with Crippen LogP contribution in [-0.4, -0.2) is 27.8 Å². The molecule has 5 heteroatoms. The van der Waals surface area contributed by atoms with E-state index in [9.17, 15) is 0 Å². The summed E-state index contributed by atoms with van der Waals surface area (Å²) in [6.45, 7) is 9.26. The second-order valence-corrected chi connectivity index (χ2v) is 4.24. The lowest BCUT2D eigenvalue weighted by Crippen LogP contribution is -2.15. The van der Waals surface area contributed by atoms with E-state index in [4.69, 9.17) is 0 Å². The highest BCUT2D eigenvalue weighted by Gasteiger charge is 2.01. The van der Waals surface area contributed by atoms with Crippen molar-refractivity contribution in [1.29, 1.82) is 0 Å². The van der Waals surface area contributed by atoms with Crippen LogP contribution in [0.15, 0.2) is 6.20 Å². The first-order valence-electron chi connectivity index (χ1n) is 5.28. The van der Waals surface area contributed by atoms with Crippen molar-refractivity contribution in [3.8, 4) is 0 Å². The van der Waals surface area contributed by atoms with Gasteiger partial charge in [0, 0.05) is 12.6 Å². The van der Waals surface area contributed by atoms with Gasteiger partial charge in [-0.15, -0.1) is 5.10 Å². The molecule has 1 aromatic rings. The van der Waals surface area contributed by atoms with Crippen LogP contribution in [0.3, 0.4) is 0 Å². The number of anilines is 2. The molecule has 0 unspecified atom stereocenters. The topological polar surface area (TPSA) is 62.7 Å². The molecule has 0 bridgehead atoms. The zero-order valence-electron chi connectivity index (χ0n) is 9.78.